The predicted octanol–water partition coefficient (Wildman–Crippen LogP) is 1.61. The van der Waals surface area contributed by atoms with E-state index in [1.165, 1.54) is 0 Å². The molecule has 0 saturated carbocycles. The molecule has 98 valence electrons. The van der Waals surface area contributed by atoms with E-state index >= 15 is 0 Å². The van der Waals surface area contributed by atoms with E-state index in [1.807, 2.05) is 41.9 Å². The first-order valence-electron chi connectivity index (χ1n) is 6.27. The first-order chi connectivity index (χ1) is 9.24. The van der Waals surface area contributed by atoms with Gasteiger partial charge in [-0.15, -0.1) is 10.2 Å². The van der Waals surface area contributed by atoms with E-state index < -0.39 is 0 Å². The molecule has 3 rings (SSSR count). The third-order valence-electron chi connectivity index (χ3n) is 3.08. The molecule has 19 heavy (non-hydrogen) atoms. The molecule has 0 aromatic carbocycles. The molecule has 0 radical (unpaired) electrons. The molecule has 0 amide bonds. The van der Waals surface area contributed by atoms with Crippen LogP contribution < -0.4 is 5.32 Å². The van der Waals surface area contributed by atoms with Gasteiger partial charge in [-0.25, -0.2) is 4.98 Å². The molecule has 0 spiro atoms. The van der Waals surface area contributed by atoms with Crippen molar-refractivity contribution in [3.8, 4) is 0 Å². The average molecular weight is 256 g/mol. The summed E-state index contributed by atoms with van der Waals surface area (Å²) in [5.74, 6) is 1.84. The lowest BCUT2D eigenvalue weighted by Crippen LogP contribution is -2.20. The molecule has 0 aliphatic heterocycles. The fourth-order valence-electron chi connectivity index (χ4n) is 2.07. The SMILES string of the molecule is Cc1ncc(CNC(C)c2nnc3ccccn23)[nH]1. The molecule has 0 fully saturated rings. The van der Waals surface area contributed by atoms with Gasteiger partial charge in [-0.3, -0.25) is 4.40 Å². The van der Waals surface area contributed by atoms with Crippen molar-refractivity contribution in [2.75, 3.05) is 0 Å². The lowest BCUT2D eigenvalue weighted by Gasteiger charge is -2.11. The number of H-pyrrole nitrogens is 1. The predicted molar refractivity (Wildman–Crippen MR) is 71.6 cm³/mol. The summed E-state index contributed by atoms with van der Waals surface area (Å²) in [5, 5.41) is 11.8. The van der Waals surface area contributed by atoms with Gasteiger partial charge < -0.3 is 10.3 Å². The van der Waals surface area contributed by atoms with Gasteiger partial charge in [0, 0.05) is 24.6 Å². The summed E-state index contributed by atoms with van der Waals surface area (Å²) < 4.78 is 2.00. The zero-order chi connectivity index (χ0) is 13.2. The number of aromatic amines is 1. The highest BCUT2D eigenvalue weighted by Crippen LogP contribution is 2.12. The normalized spacial score (nSPS) is 12.9. The Bertz CT molecular complexity index is 683. The Labute approximate surface area is 110 Å². The van der Waals surface area contributed by atoms with Gasteiger partial charge in [0.1, 0.15) is 5.82 Å². The zero-order valence-electron chi connectivity index (χ0n) is 11.0. The quantitative estimate of drug-likeness (QED) is 0.744. The maximum absolute atomic E-state index is 4.24. The number of hydrogen-bond donors (Lipinski definition) is 2. The number of aryl methyl sites for hydroxylation is 1. The van der Waals surface area contributed by atoms with E-state index in [-0.39, 0.29) is 6.04 Å². The van der Waals surface area contributed by atoms with Crippen molar-refractivity contribution in [3.05, 3.63) is 47.9 Å². The van der Waals surface area contributed by atoms with Gasteiger partial charge in [-0.2, -0.15) is 0 Å². The van der Waals surface area contributed by atoms with Gasteiger partial charge in [0.15, 0.2) is 11.5 Å². The van der Waals surface area contributed by atoms with Crippen LogP contribution in [0.2, 0.25) is 0 Å². The number of nitrogens with one attached hydrogen (secondary N) is 2. The van der Waals surface area contributed by atoms with Crippen LogP contribution in [0.25, 0.3) is 5.65 Å². The monoisotopic (exact) mass is 256 g/mol. The van der Waals surface area contributed by atoms with Gasteiger partial charge in [-0.1, -0.05) is 6.07 Å². The van der Waals surface area contributed by atoms with E-state index in [0.29, 0.717) is 0 Å². The molecule has 6 heteroatoms. The van der Waals surface area contributed by atoms with Crippen molar-refractivity contribution in [2.45, 2.75) is 26.4 Å². The van der Waals surface area contributed by atoms with Crippen LogP contribution >= 0.6 is 0 Å². The second-order valence-electron chi connectivity index (χ2n) is 4.58. The Kier molecular flexibility index (Phi) is 3.00. The molecular weight excluding hydrogens is 240 g/mol. The Morgan fingerprint density at radius 2 is 2.26 bits per heavy atom. The van der Waals surface area contributed by atoms with Crippen molar-refractivity contribution >= 4 is 5.65 Å². The van der Waals surface area contributed by atoms with Gasteiger partial charge in [0.2, 0.25) is 0 Å². The standard InChI is InChI=1S/C13H16N6/c1-9(14-7-11-8-15-10(2)16-11)13-18-17-12-5-3-4-6-19(12)13/h3-6,8-9,14H,7H2,1-2H3,(H,15,16). The number of pyridine rings is 1. The fraction of sp³-hybridized carbons (Fsp3) is 0.308. The van der Waals surface area contributed by atoms with E-state index in [1.54, 1.807) is 0 Å². The van der Waals surface area contributed by atoms with E-state index in [4.69, 9.17) is 0 Å². The second kappa shape index (κ2) is 4.81. The lowest BCUT2D eigenvalue weighted by molar-refractivity contribution is 0.537. The van der Waals surface area contributed by atoms with Crippen LogP contribution in [-0.2, 0) is 6.54 Å². The Morgan fingerprint density at radius 3 is 3.05 bits per heavy atom. The molecule has 0 aliphatic rings. The number of rotatable bonds is 4. The number of nitrogens with zero attached hydrogens (tertiary/aromatic N) is 4. The van der Waals surface area contributed by atoms with Crippen LogP contribution in [0, 0.1) is 6.92 Å². The molecule has 6 nitrogen and oxygen atoms in total. The summed E-state index contributed by atoms with van der Waals surface area (Å²) in [5.41, 5.74) is 1.93. The van der Waals surface area contributed by atoms with Crippen LogP contribution in [0.3, 0.4) is 0 Å². The summed E-state index contributed by atoms with van der Waals surface area (Å²) in [4.78, 5) is 7.38. The maximum atomic E-state index is 4.24. The Balaban J connectivity index is 1.75. The van der Waals surface area contributed by atoms with Crippen LogP contribution in [-0.4, -0.2) is 24.6 Å². The van der Waals surface area contributed by atoms with Crippen molar-refractivity contribution in [1.82, 2.24) is 29.9 Å². The molecule has 1 unspecified atom stereocenters. The molecule has 0 saturated heterocycles. The van der Waals surface area contributed by atoms with Crippen LogP contribution in [0.4, 0.5) is 0 Å². The summed E-state index contributed by atoms with van der Waals surface area (Å²) in [6.45, 7) is 4.75. The van der Waals surface area contributed by atoms with Crippen molar-refractivity contribution in [2.24, 2.45) is 0 Å². The van der Waals surface area contributed by atoms with Crippen molar-refractivity contribution in [1.29, 1.82) is 0 Å². The first kappa shape index (κ1) is 11.9. The topological polar surface area (TPSA) is 70.9 Å². The number of imidazole rings is 1. The fourth-order valence-corrected chi connectivity index (χ4v) is 2.07. The summed E-state index contributed by atoms with van der Waals surface area (Å²) in [6.07, 6.45) is 3.82. The first-order valence-corrected chi connectivity index (χ1v) is 6.27. The summed E-state index contributed by atoms with van der Waals surface area (Å²) >= 11 is 0. The molecule has 2 N–H and O–H groups in total. The third kappa shape index (κ3) is 2.34. The highest BCUT2D eigenvalue weighted by atomic mass is 15.3. The Morgan fingerprint density at radius 1 is 1.37 bits per heavy atom. The lowest BCUT2D eigenvalue weighted by atomic mass is 10.3. The van der Waals surface area contributed by atoms with Crippen LogP contribution in [0.5, 0.6) is 0 Å². The largest absolute Gasteiger partial charge is 0.345 e. The van der Waals surface area contributed by atoms with E-state index in [9.17, 15) is 0 Å². The van der Waals surface area contributed by atoms with Crippen LogP contribution in [0.1, 0.15) is 30.3 Å². The second-order valence-corrected chi connectivity index (χ2v) is 4.58. The van der Waals surface area contributed by atoms with Crippen LogP contribution in [0.15, 0.2) is 30.6 Å². The van der Waals surface area contributed by atoms with Gasteiger partial charge in [-0.05, 0) is 26.0 Å². The number of aromatic nitrogens is 5. The van der Waals surface area contributed by atoms with Crippen molar-refractivity contribution < 1.29 is 0 Å². The maximum Gasteiger partial charge on any atom is 0.160 e. The number of hydrogen-bond acceptors (Lipinski definition) is 4. The van der Waals surface area contributed by atoms with E-state index in [2.05, 4.69) is 32.4 Å². The highest BCUT2D eigenvalue weighted by molar-refractivity contribution is 5.37. The molecule has 3 heterocycles. The molecule has 1 atom stereocenters. The Hall–Kier alpha value is -2.21. The molecule has 3 aromatic heterocycles. The van der Waals surface area contributed by atoms with Gasteiger partial charge in [0.25, 0.3) is 0 Å². The number of fused-ring (bicyclic) bond motifs is 1. The average Bonchev–Trinajstić information content (AvgIpc) is 3.02. The highest BCUT2D eigenvalue weighted by Gasteiger charge is 2.12. The van der Waals surface area contributed by atoms with Gasteiger partial charge in [0.05, 0.1) is 6.04 Å². The molecule has 0 bridgehead atoms. The molecular formula is C13H16N6. The zero-order valence-corrected chi connectivity index (χ0v) is 11.0. The minimum absolute atomic E-state index is 0.112. The summed E-state index contributed by atoms with van der Waals surface area (Å²) in [7, 11) is 0. The minimum Gasteiger partial charge on any atom is -0.345 e. The van der Waals surface area contributed by atoms with Crippen molar-refractivity contribution in [3.63, 3.8) is 0 Å². The van der Waals surface area contributed by atoms with E-state index in [0.717, 1.165) is 29.5 Å². The smallest absolute Gasteiger partial charge is 0.160 e. The summed E-state index contributed by atoms with van der Waals surface area (Å²) in [6, 6.07) is 5.99. The van der Waals surface area contributed by atoms with Gasteiger partial charge >= 0.3 is 0 Å². The molecule has 0 aliphatic carbocycles. The minimum atomic E-state index is 0.112. The third-order valence-corrected chi connectivity index (χ3v) is 3.08. The molecule has 3 aromatic rings.